The molecule has 0 saturated carbocycles. The van der Waals surface area contributed by atoms with Gasteiger partial charge in [0.2, 0.25) is 0 Å². The van der Waals surface area contributed by atoms with E-state index in [1.807, 2.05) is 43.3 Å². The maximum absolute atomic E-state index is 12.3. The van der Waals surface area contributed by atoms with E-state index < -0.39 is 0 Å². The summed E-state index contributed by atoms with van der Waals surface area (Å²) in [5.41, 5.74) is 5.16. The van der Waals surface area contributed by atoms with E-state index in [-0.39, 0.29) is 18.6 Å². The minimum atomic E-state index is -0.0564. The molecule has 128 valence electrons. The van der Waals surface area contributed by atoms with Crippen molar-refractivity contribution in [2.75, 3.05) is 26.3 Å². The molecular formula is C20H20N2O3. The van der Waals surface area contributed by atoms with Gasteiger partial charge in [0.1, 0.15) is 5.71 Å². The van der Waals surface area contributed by atoms with Crippen LogP contribution in [0.25, 0.3) is 11.1 Å². The molecule has 1 fully saturated rings. The number of hydrogen-bond donors (Lipinski definition) is 0. The quantitative estimate of drug-likeness (QED) is 0.691. The van der Waals surface area contributed by atoms with E-state index in [9.17, 15) is 4.79 Å². The molecule has 2 aliphatic rings. The Labute approximate surface area is 146 Å². The second-order valence-corrected chi connectivity index (χ2v) is 6.33. The molecule has 1 amide bonds. The zero-order valence-corrected chi connectivity index (χ0v) is 14.1. The van der Waals surface area contributed by atoms with Crippen LogP contribution in [0.3, 0.4) is 0 Å². The summed E-state index contributed by atoms with van der Waals surface area (Å²) in [7, 11) is 0. The molecule has 0 radical (unpaired) electrons. The van der Waals surface area contributed by atoms with Gasteiger partial charge >= 0.3 is 0 Å². The van der Waals surface area contributed by atoms with Crippen LogP contribution >= 0.6 is 0 Å². The number of hydrogen-bond acceptors (Lipinski definition) is 4. The van der Waals surface area contributed by atoms with Crippen molar-refractivity contribution in [3.63, 3.8) is 0 Å². The molecule has 1 atom stereocenters. The Morgan fingerprint density at radius 2 is 1.72 bits per heavy atom. The lowest BCUT2D eigenvalue weighted by Gasteiger charge is -2.30. The van der Waals surface area contributed by atoms with Crippen LogP contribution in [-0.2, 0) is 14.4 Å². The summed E-state index contributed by atoms with van der Waals surface area (Å²) < 4.78 is 5.46. The fourth-order valence-corrected chi connectivity index (χ4v) is 3.38. The molecule has 1 unspecified atom stereocenters. The van der Waals surface area contributed by atoms with Gasteiger partial charge in [-0.1, -0.05) is 53.7 Å². The van der Waals surface area contributed by atoms with Crippen molar-refractivity contribution in [2.24, 2.45) is 5.16 Å². The topological polar surface area (TPSA) is 51.1 Å². The first-order valence-corrected chi connectivity index (χ1v) is 8.52. The zero-order chi connectivity index (χ0) is 17.2. The van der Waals surface area contributed by atoms with Crippen molar-refractivity contribution < 1.29 is 14.4 Å². The highest BCUT2D eigenvalue weighted by Gasteiger charge is 2.25. The molecular weight excluding hydrogens is 316 g/mol. The highest BCUT2D eigenvalue weighted by molar-refractivity contribution is 6.24. The molecule has 1 aliphatic heterocycles. The molecule has 4 rings (SSSR count). The Bertz CT molecular complexity index is 784. The maximum atomic E-state index is 12.3. The fourth-order valence-electron chi connectivity index (χ4n) is 3.38. The standard InChI is InChI=1S/C20H20N2O3/c1-14-12-22(10-11-24-14)19(23)13-25-21-20-17-8-4-2-6-15(17)16-7-3-5-9-18(16)20/h2-9,14H,10-13H2,1H3. The first kappa shape index (κ1) is 15.8. The Morgan fingerprint density at radius 3 is 2.32 bits per heavy atom. The predicted molar refractivity (Wildman–Crippen MR) is 95.5 cm³/mol. The second-order valence-electron chi connectivity index (χ2n) is 6.33. The number of morpholine rings is 1. The summed E-state index contributed by atoms with van der Waals surface area (Å²) in [4.78, 5) is 19.5. The van der Waals surface area contributed by atoms with E-state index in [2.05, 4.69) is 17.3 Å². The summed E-state index contributed by atoms with van der Waals surface area (Å²) >= 11 is 0. The first-order valence-electron chi connectivity index (χ1n) is 8.52. The monoisotopic (exact) mass is 336 g/mol. The van der Waals surface area contributed by atoms with Gasteiger partial charge in [-0.3, -0.25) is 4.79 Å². The van der Waals surface area contributed by atoms with E-state index >= 15 is 0 Å². The minimum Gasteiger partial charge on any atom is -0.385 e. The van der Waals surface area contributed by atoms with Crippen LogP contribution in [-0.4, -0.2) is 48.9 Å². The van der Waals surface area contributed by atoms with Gasteiger partial charge in [0, 0.05) is 24.2 Å². The normalized spacial score (nSPS) is 18.5. The summed E-state index contributed by atoms with van der Waals surface area (Å²) in [6.07, 6.45) is 0.0672. The lowest BCUT2D eigenvalue weighted by atomic mass is 10.1. The lowest BCUT2D eigenvalue weighted by Crippen LogP contribution is -2.45. The van der Waals surface area contributed by atoms with Crippen molar-refractivity contribution in [2.45, 2.75) is 13.0 Å². The Kier molecular flexibility index (Phi) is 4.24. The molecule has 5 heteroatoms. The van der Waals surface area contributed by atoms with Crippen LogP contribution in [0.15, 0.2) is 53.7 Å². The summed E-state index contributed by atoms with van der Waals surface area (Å²) in [5.74, 6) is -0.0564. The molecule has 2 aromatic carbocycles. The molecule has 1 heterocycles. The third-order valence-electron chi connectivity index (χ3n) is 4.59. The first-order chi connectivity index (χ1) is 12.2. The number of carbonyl (C=O) groups is 1. The van der Waals surface area contributed by atoms with Crippen LogP contribution in [0.2, 0.25) is 0 Å². The van der Waals surface area contributed by atoms with Gasteiger partial charge < -0.3 is 14.5 Å². The summed E-state index contributed by atoms with van der Waals surface area (Å²) in [5, 5.41) is 4.30. The Hall–Kier alpha value is -2.66. The number of fused-ring (bicyclic) bond motifs is 3. The Balaban J connectivity index is 1.51. The van der Waals surface area contributed by atoms with Gasteiger partial charge in [0.05, 0.1) is 12.7 Å². The molecule has 0 bridgehead atoms. The van der Waals surface area contributed by atoms with Gasteiger partial charge in [0.25, 0.3) is 5.91 Å². The number of benzene rings is 2. The predicted octanol–water partition coefficient (Wildman–Crippen LogP) is 2.68. The maximum Gasteiger partial charge on any atom is 0.263 e. The van der Waals surface area contributed by atoms with E-state index in [1.54, 1.807) is 4.90 Å². The molecule has 25 heavy (non-hydrogen) atoms. The number of ether oxygens (including phenoxy) is 1. The van der Waals surface area contributed by atoms with Gasteiger partial charge in [-0.25, -0.2) is 0 Å². The van der Waals surface area contributed by atoms with Crippen LogP contribution in [0.1, 0.15) is 18.1 Å². The number of rotatable bonds is 3. The lowest BCUT2D eigenvalue weighted by molar-refractivity contribution is -0.142. The molecule has 1 saturated heterocycles. The van der Waals surface area contributed by atoms with Crippen molar-refractivity contribution in [1.29, 1.82) is 0 Å². The van der Waals surface area contributed by atoms with Gasteiger partial charge in [-0.15, -0.1) is 0 Å². The van der Waals surface area contributed by atoms with Crippen LogP contribution in [0.4, 0.5) is 0 Å². The van der Waals surface area contributed by atoms with Crippen molar-refractivity contribution in [3.05, 3.63) is 59.7 Å². The second kappa shape index (κ2) is 6.69. The number of nitrogens with zero attached hydrogens (tertiary/aromatic N) is 2. The highest BCUT2D eigenvalue weighted by atomic mass is 16.6. The molecule has 2 aromatic rings. The van der Waals surface area contributed by atoms with E-state index in [0.717, 1.165) is 28.0 Å². The minimum absolute atomic E-state index is 0.0550. The average molecular weight is 336 g/mol. The van der Waals surface area contributed by atoms with E-state index in [1.165, 1.54) is 0 Å². The number of amides is 1. The van der Waals surface area contributed by atoms with Gasteiger partial charge in [0.15, 0.2) is 6.61 Å². The molecule has 0 N–H and O–H groups in total. The van der Waals surface area contributed by atoms with E-state index in [4.69, 9.17) is 9.57 Å². The van der Waals surface area contributed by atoms with Crippen molar-refractivity contribution in [3.8, 4) is 11.1 Å². The SMILES string of the molecule is CC1CN(C(=O)CON=C2c3ccccc3-c3ccccc32)CCO1. The smallest absolute Gasteiger partial charge is 0.263 e. The average Bonchev–Trinajstić information content (AvgIpc) is 2.96. The molecule has 5 nitrogen and oxygen atoms in total. The summed E-state index contributed by atoms with van der Waals surface area (Å²) in [6, 6.07) is 16.2. The third-order valence-corrected chi connectivity index (χ3v) is 4.59. The molecule has 0 spiro atoms. The van der Waals surface area contributed by atoms with E-state index in [0.29, 0.717) is 19.7 Å². The molecule has 1 aliphatic carbocycles. The van der Waals surface area contributed by atoms with Crippen LogP contribution < -0.4 is 0 Å². The summed E-state index contributed by atoms with van der Waals surface area (Å²) in [6.45, 7) is 3.69. The third kappa shape index (κ3) is 3.03. The van der Waals surface area contributed by atoms with Gasteiger partial charge in [-0.2, -0.15) is 0 Å². The van der Waals surface area contributed by atoms with Crippen molar-refractivity contribution >= 4 is 11.6 Å². The largest absolute Gasteiger partial charge is 0.385 e. The zero-order valence-electron chi connectivity index (χ0n) is 14.1. The molecule has 0 aromatic heterocycles. The highest BCUT2D eigenvalue weighted by Crippen LogP contribution is 2.36. The number of carbonyl (C=O) groups excluding carboxylic acids is 1. The van der Waals surface area contributed by atoms with Gasteiger partial charge in [-0.05, 0) is 18.1 Å². The van der Waals surface area contributed by atoms with Crippen LogP contribution in [0.5, 0.6) is 0 Å². The number of oxime groups is 1. The Morgan fingerprint density at radius 1 is 1.12 bits per heavy atom. The van der Waals surface area contributed by atoms with Crippen LogP contribution in [0, 0.1) is 0 Å². The van der Waals surface area contributed by atoms with Crippen molar-refractivity contribution in [1.82, 2.24) is 4.90 Å². The fraction of sp³-hybridized carbons (Fsp3) is 0.300.